The van der Waals surface area contributed by atoms with E-state index in [0.717, 1.165) is 0 Å². The molecule has 140 valence electrons. The Bertz CT molecular complexity index is 1130. The van der Waals surface area contributed by atoms with Gasteiger partial charge in [0.15, 0.2) is 0 Å². The van der Waals surface area contributed by atoms with Crippen LogP contribution in [-0.2, 0) is 0 Å². The van der Waals surface area contributed by atoms with Gasteiger partial charge in [0, 0.05) is 16.5 Å². The highest BCUT2D eigenvalue weighted by Gasteiger charge is 2.23. The fourth-order valence-corrected chi connectivity index (χ4v) is 3.41. The Kier molecular flexibility index (Phi) is 4.82. The number of anilines is 2. The number of fused-ring (bicyclic) bond motifs is 1. The number of ether oxygens (including phenoxy) is 1. The van der Waals surface area contributed by atoms with E-state index in [1.165, 1.54) is 11.3 Å². The molecule has 0 saturated heterocycles. The number of methoxy groups -OCH3 is 1. The van der Waals surface area contributed by atoms with Crippen LogP contribution in [0.4, 0.5) is 11.4 Å². The lowest BCUT2D eigenvalue weighted by atomic mass is 10.2. The first-order valence-corrected chi connectivity index (χ1v) is 9.40. The molecule has 0 aliphatic rings. The van der Waals surface area contributed by atoms with E-state index in [9.17, 15) is 9.59 Å². The van der Waals surface area contributed by atoms with Gasteiger partial charge in [0.2, 0.25) is 5.76 Å². The average Bonchev–Trinajstić information content (AvgIpc) is 3.37. The Balaban J connectivity index is 1.67. The van der Waals surface area contributed by atoms with Gasteiger partial charge in [-0.1, -0.05) is 12.1 Å². The zero-order valence-corrected chi connectivity index (χ0v) is 15.7. The van der Waals surface area contributed by atoms with Crippen molar-refractivity contribution in [2.24, 2.45) is 0 Å². The van der Waals surface area contributed by atoms with Crippen LogP contribution < -0.4 is 15.4 Å². The molecule has 0 bridgehead atoms. The van der Waals surface area contributed by atoms with Crippen LogP contribution >= 0.6 is 11.3 Å². The molecule has 7 heteroatoms. The van der Waals surface area contributed by atoms with Crippen LogP contribution in [-0.4, -0.2) is 18.9 Å². The molecule has 4 aromatic rings. The van der Waals surface area contributed by atoms with Crippen molar-refractivity contribution in [3.05, 3.63) is 76.7 Å². The van der Waals surface area contributed by atoms with Gasteiger partial charge in [0.25, 0.3) is 11.8 Å². The van der Waals surface area contributed by atoms with E-state index in [0.29, 0.717) is 33.7 Å². The van der Waals surface area contributed by atoms with Gasteiger partial charge in [-0.15, -0.1) is 0 Å². The summed E-state index contributed by atoms with van der Waals surface area (Å²) in [6, 6.07) is 15.8. The molecule has 2 heterocycles. The van der Waals surface area contributed by atoms with E-state index < -0.39 is 5.91 Å². The second kappa shape index (κ2) is 7.58. The largest absolute Gasteiger partial charge is 0.497 e. The highest BCUT2D eigenvalue weighted by atomic mass is 32.1. The molecule has 0 saturated carbocycles. The third-order valence-electron chi connectivity index (χ3n) is 4.17. The maximum atomic E-state index is 12.8. The van der Waals surface area contributed by atoms with Gasteiger partial charge < -0.3 is 19.8 Å². The fourth-order valence-electron chi connectivity index (χ4n) is 2.77. The molecule has 6 nitrogen and oxygen atoms in total. The molecule has 0 fully saturated rings. The summed E-state index contributed by atoms with van der Waals surface area (Å²) < 4.78 is 10.9. The number of carbonyl (C=O) groups is 2. The van der Waals surface area contributed by atoms with Crippen LogP contribution in [0.1, 0.15) is 20.9 Å². The topological polar surface area (TPSA) is 80.6 Å². The minimum absolute atomic E-state index is 0.0422. The van der Waals surface area contributed by atoms with Gasteiger partial charge in [0.1, 0.15) is 17.0 Å². The summed E-state index contributed by atoms with van der Waals surface area (Å²) in [4.78, 5) is 25.4. The number of hydrogen-bond acceptors (Lipinski definition) is 5. The van der Waals surface area contributed by atoms with Gasteiger partial charge in [0.05, 0.1) is 12.7 Å². The van der Waals surface area contributed by atoms with E-state index >= 15 is 0 Å². The molecule has 0 atom stereocenters. The predicted molar refractivity (Wildman–Crippen MR) is 109 cm³/mol. The zero-order valence-electron chi connectivity index (χ0n) is 14.9. The van der Waals surface area contributed by atoms with Crippen molar-refractivity contribution in [3.8, 4) is 5.75 Å². The first-order chi connectivity index (χ1) is 13.7. The summed E-state index contributed by atoms with van der Waals surface area (Å²) in [5, 5.41) is 9.82. The van der Waals surface area contributed by atoms with Gasteiger partial charge in [-0.25, -0.2) is 0 Å². The van der Waals surface area contributed by atoms with Crippen molar-refractivity contribution in [1.29, 1.82) is 0 Å². The van der Waals surface area contributed by atoms with Crippen LogP contribution in [0.5, 0.6) is 5.75 Å². The summed E-state index contributed by atoms with van der Waals surface area (Å²) >= 11 is 1.43. The summed E-state index contributed by atoms with van der Waals surface area (Å²) in [5.41, 5.74) is 1.97. The highest BCUT2D eigenvalue weighted by molar-refractivity contribution is 7.08. The number of furan rings is 1. The van der Waals surface area contributed by atoms with Crippen molar-refractivity contribution in [2.45, 2.75) is 0 Å². The Labute approximate surface area is 164 Å². The van der Waals surface area contributed by atoms with Gasteiger partial charge >= 0.3 is 0 Å². The number of thiophene rings is 1. The van der Waals surface area contributed by atoms with E-state index in [1.54, 1.807) is 55.0 Å². The van der Waals surface area contributed by atoms with Crippen LogP contribution in [0, 0.1) is 0 Å². The smallest absolute Gasteiger partial charge is 0.293 e. The predicted octanol–water partition coefficient (Wildman–Crippen LogP) is 5.01. The van der Waals surface area contributed by atoms with E-state index in [2.05, 4.69) is 10.6 Å². The number of benzene rings is 2. The van der Waals surface area contributed by atoms with E-state index in [4.69, 9.17) is 9.15 Å². The fraction of sp³-hybridized carbons (Fsp3) is 0.0476. The molecule has 4 rings (SSSR count). The minimum atomic E-state index is -0.456. The first kappa shape index (κ1) is 17.8. The maximum Gasteiger partial charge on any atom is 0.293 e. The summed E-state index contributed by atoms with van der Waals surface area (Å²) in [7, 11) is 1.57. The Morgan fingerprint density at radius 1 is 0.964 bits per heavy atom. The molecule has 0 unspecified atom stereocenters. The Morgan fingerprint density at radius 2 is 1.75 bits per heavy atom. The zero-order chi connectivity index (χ0) is 19.5. The third kappa shape index (κ3) is 3.47. The SMILES string of the molecule is COc1ccc(NC(=O)c2oc3ccccc3c2NC(=O)c2ccsc2)cc1. The van der Waals surface area contributed by atoms with Crippen LogP contribution in [0.2, 0.25) is 0 Å². The standard InChI is InChI=1S/C21H16N2O4S/c1-26-15-8-6-14(7-9-15)22-21(25)19-18(16-4-2-3-5-17(16)27-19)23-20(24)13-10-11-28-12-13/h2-12H,1H3,(H,22,25)(H,23,24). The van der Waals surface area contributed by atoms with Gasteiger partial charge in [-0.05, 0) is 47.8 Å². The molecule has 0 aliphatic heterocycles. The molecule has 2 aromatic carbocycles. The number of carbonyl (C=O) groups excluding carboxylic acids is 2. The highest BCUT2D eigenvalue weighted by Crippen LogP contribution is 2.32. The molecule has 0 spiro atoms. The molecule has 2 N–H and O–H groups in total. The molecule has 2 aromatic heterocycles. The van der Waals surface area contributed by atoms with Gasteiger partial charge in [-0.2, -0.15) is 11.3 Å². The Morgan fingerprint density at radius 3 is 2.46 bits per heavy atom. The quantitative estimate of drug-likeness (QED) is 0.500. The summed E-state index contributed by atoms with van der Waals surface area (Å²) in [6.45, 7) is 0. The van der Waals surface area contributed by atoms with Crippen molar-refractivity contribution in [2.75, 3.05) is 17.7 Å². The second-order valence-electron chi connectivity index (χ2n) is 5.95. The van der Waals surface area contributed by atoms with E-state index in [-0.39, 0.29) is 11.7 Å². The maximum absolute atomic E-state index is 12.8. The molecule has 0 radical (unpaired) electrons. The number of hydrogen-bond donors (Lipinski definition) is 2. The summed E-state index contributed by atoms with van der Waals surface area (Å²) in [6.07, 6.45) is 0. The van der Waals surface area contributed by atoms with E-state index in [1.807, 2.05) is 17.5 Å². The number of nitrogens with one attached hydrogen (secondary N) is 2. The second-order valence-corrected chi connectivity index (χ2v) is 6.73. The van der Waals surface area contributed by atoms with Crippen LogP contribution in [0.25, 0.3) is 11.0 Å². The van der Waals surface area contributed by atoms with Gasteiger partial charge in [-0.3, -0.25) is 9.59 Å². The van der Waals surface area contributed by atoms with Crippen LogP contribution in [0.3, 0.4) is 0 Å². The lowest BCUT2D eigenvalue weighted by Crippen LogP contribution is -2.16. The number of amides is 2. The summed E-state index contributed by atoms with van der Waals surface area (Å²) in [5.74, 6) is -0.0284. The first-order valence-electron chi connectivity index (χ1n) is 8.46. The third-order valence-corrected chi connectivity index (χ3v) is 4.85. The average molecular weight is 392 g/mol. The van der Waals surface area contributed by atoms with Crippen LogP contribution in [0.15, 0.2) is 69.8 Å². The van der Waals surface area contributed by atoms with Crippen molar-refractivity contribution in [1.82, 2.24) is 0 Å². The Hall–Kier alpha value is -3.58. The molecular formula is C21H16N2O4S. The number of rotatable bonds is 5. The number of para-hydroxylation sites is 1. The molecule has 2 amide bonds. The minimum Gasteiger partial charge on any atom is -0.497 e. The monoisotopic (exact) mass is 392 g/mol. The lowest BCUT2D eigenvalue weighted by Gasteiger charge is -2.07. The normalized spacial score (nSPS) is 10.6. The molecule has 28 heavy (non-hydrogen) atoms. The molecule has 0 aliphatic carbocycles. The van der Waals surface area contributed by atoms with Crippen molar-refractivity contribution in [3.63, 3.8) is 0 Å². The van der Waals surface area contributed by atoms with Crippen molar-refractivity contribution < 1.29 is 18.7 Å². The lowest BCUT2D eigenvalue weighted by molar-refractivity contribution is 0.0999. The van der Waals surface area contributed by atoms with Crippen molar-refractivity contribution >= 4 is 45.5 Å². The molecular weight excluding hydrogens is 376 g/mol.